The van der Waals surface area contributed by atoms with Gasteiger partial charge in [0.15, 0.2) is 6.61 Å². The Bertz CT molecular complexity index is 1060. The molecule has 1 heterocycles. The molecule has 0 aliphatic rings. The maximum Gasteiger partial charge on any atom is 0.262 e. The summed E-state index contributed by atoms with van der Waals surface area (Å²) in [6.45, 7) is 4.75. The standard InChI is InChI=1S/C22H24N2O4/c1-15-7-8-19(16(2)13-15)23-21(25)14-28-20-6-4-5-18-17(20)9-10-24(22(18)26)11-12-27-3/h4-10,13H,11-12,14H2,1-3H3,(H,23,25). The van der Waals surface area contributed by atoms with E-state index in [1.165, 1.54) is 0 Å². The van der Waals surface area contributed by atoms with E-state index in [4.69, 9.17) is 9.47 Å². The predicted molar refractivity (Wildman–Crippen MR) is 110 cm³/mol. The van der Waals surface area contributed by atoms with Crippen LogP contribution in [0, 0.1) is 13.8 Å². The number of aromatic nitrogens is 1. The number of carbonyl (C=O) groups excluding carboxylic acids is 1. The molecule has 1 amide bonds. The van der Waals surface area contributed by atoms with Crippen LogP contribution in [0.25, 0.3) is 10.8 Å². The highest BCUT2D eigenvalue weighted by Crippen LogP contribution is 2.23. The summed E-state index contributed by atoms with van der Waals surface area (Å²) in [5.41, 5.74) is 2.78. The molecule has 2 aromatic carbocycles. The average molecular weight is 380 g/mol. The smallest absolute Gasteiger partial charge is 0.262 e. The lowest BCUT2D eigenvalue weighted by Crippen LogP contribution is -2.22. The number of aryl methyl sites for hydroxylation is 2. The molecule has 0 fully saturated rings. The molecule has 146 valence electrons. The van der Waals surface area contributed by atoms with Crippen LogP contribution in [-0.2, 0) is 16.1 Å². The number of fused-ring (bicyclic) bond motifs is 1. The van der Waals surface area contributed by atoms with Crippen molar-refractivity contribution in [3.8, 4) is 5.75 Å². The summed E-state index contributed by atoms with van der Waals surface area (Å²) in [6, 6.07) is 12.9. The Labute approximate surface area is 163 Å². The molecule has 6 heteroatoms. The third-order valence-corrected chi connectivity index (χ3v) is 4.53. The number of nitrogens with zero attached hydrogens (tertiary/aromatic N) is 1. The Morgan fingerprint density at radius 2 is 1.93 bits per heavy atom. The number of hydrogen-bond acceptors (Lipinski definition) is 4. The largest absolute Gasteiger partial charge is 0.483 e. The number of carbonyl (C=O) groups is 1. The van der Waals surface area contributed by atoms with Crippen molar-refractivity contribution in [1.29, 1.82) is 0 Å². The number of pyridine rings is 1. The number of benzene rings is 2. The number of methoxy groups -OCH3 is 1. The fourth-order valence-electron chi connectivity index (χ4n) is 3.06. The minimum atomic E-state index is -0.252. The second kappa shape index (κ2) is 8.71. The normalized spacial score (nSPS) is 10.8. The monoisotopic (exact) mass is 380 g/mol. The summed E-state index contributed by atoms with van der Waals surface area (Å²) < 4.78 is 12.3. The van der Waals surface area contributed by atoms with Gasteiger partial charge in [-0.05, 0) is 43.7 Å². The second-order valence-electron chi connectivity index (χ2n) is 6.68. The van der Waals surface area contributed by atoms with Crippen molar-refractivity contribution >= 4 is 22.4 Å². The van der Waals surface area contributed by atoms with Crippen LogP contribution in [0.5, 0.6) is 5.75 Å². The van der Waals surface area contributed by atoms with E-state index >= 15 is 0 Å². The first-order valence-electron chi connectivity index (χ1n) is 9.10. The molecule has 0 spiro atoms. The minimum absolute atomic E-state index is 0.111. The third-order valence-electron chi connectivity index (χ3n) is 4.53. The van der Waals surface area contributed by atoms with E-state index in [2.05, 4.69) is 5.32 Å². The van der Waals surface area contributed by atoms with Gasteiger partial charge in [0.2, 0.25) is 0 Å². The van der Waals surface area contributed by atoms with Gasteiger partial charge in [-0.2, -0.15) is 0 Å². The third kappa shape index (κ3) is 4.40. The lowest BCUT2D eigenvalue weighted by atomic mass is 10.1. The molecule has 0 radical (unpaired) electrons. The molecule has 1 aromatic heterocycles. The molecule has 0 saturated carbocycles. The lowest BCUT2D eigenvalue weighted by molar-refractivity contribution is -0.118. The van der Waals surface area contributed by atoms with Crippen molar-refractivity contribution in [2.45, 2.75) is 20.4 Å². The van der Waals surface area contributed by atoms with E-state index in [9.17, 15) is 9.59 Å². The molecule has 0 aliphatic carbocycles. The molecule has 0 unspecified atom stereocenters. The zero-order valence-electron chi connectivity index (χ0n) is 16.3. The van der Waals surface area contributed by atoms with Gasteiger partial charge in [0, 0.05) is 30.9 Å². The fraction of sp³-hybridized carbons (Fsp3) is 0.273. The Balaban J connectivity index is 1.74. The maximum absolute atomic E-state index is 12.6. The van der Waals surface area contributed by atoms with Gasteiger partial charge < -0.3 is 19.4 Å². The van der Waals surface area contributed by atoms with Gasteiger partial charge in [-0.15, -0.1) is 0 Å². The van der Waals surface area contributed by atoms with Crippen LogP contribution >= 0.6 is 0 Å². The molecular weight excluding hydrogens is 356 g/mol. The number of hydrogen-bond donors (Lipinski definition) is 1. The number of anilines is 1. The van der Waals surface area contributed by atoms with Gasteiger partial charge in [-0.3, -0.25) is 9.59 Å². The van der Waals surface area contributed by atoms with E-state index in [1.807, 2.05) is 38.1 Å². The first-order valence-corrected chi connectivity index (χ1v) is 9.10. The Kier molecular flexibility index (Phi) is 6.11. The lowest BCUT2D eigenvalue weighted by Gasteiger charge is -2.12. The zero-order valence-corrected chi connectivity index (χ0v) is 16.3. The van der Waals surface area contributed by atoms with Crippen molar-refractivity contribution in [3.05, 3.63) is 70.1 Å². The highest BCUT2D eigenvalue weighted by molar-refractivity contribution is 5.93. The van der Waals surface area contributed by atoms with Gasteiger partial charge in [-0.1, -0.05) is 23.8 Å². The highest BCUT2D eigenvalue weighted by Gasteiger charge is 2.10. The first-order chi connectivity index (χ1) is 13.5. The fourth-order valence-corrected chi connectivity index (χ4v) is 3.06. The maximum atomic E-state index is 12.6. The molecule has 0 saturated heterocycles. The molecule has 28 heavy (non-hydrogen) atoms. The average Bonchev–Trinajstić information content (AvgIpc) is 2.68. The number of nitrogens with one attached hydrogen (secondary N) is 1. The van der Waals surface area contributed by atoms with E-state index in [1.54, 1.807) is 36.1 Å². The van der Waals surface area contributed by atoms with Crippen molar-refractivity contribution < 1.29 is 14.3 Å². The summed E-state index contributed by atoms with van der Waals surface area (Å²) >= 11 is 0. The molecule has 3 aromatic rings. The van der Waals surface area contributed by atoms with E-state index in [0.717, 1.165) is 16.8 Å². The van der Waals surface area contributed by atoms with Crippen LogP contribution < -0.4 is 15.6 Å². The van der Waals surface area contributed by atoms with E-state index in [0.29, 0.717) is 29.7 Å². The predicted octanol–water partition coefficient (Wildman–Crippen LogP) is 3.28. The van der Waals surface area contributed by atoms with Crippen LogP contribution in [0.2, 0.25) is 0 Å². The SMILES string of the molecule is COCCn1ccc2c(OCC(=O)Nc3ccc(C)cc3C)cccc2c1=O. The number of ether oxygens (including phenoxy) is 2. The van der Waals surface area contributed by atoms with E-state index in [-0.39, 0.29) is 18.1 Å². The number of rotatable bonds is 7. The molecule has 0 aliphatic heterocycles. The topological polar surface area (TPSA) is 69.6 Å². The molecular formula is C22H24N2O4. The van der Waals surface area contributed by atoms with Gasteiger partial charge in [-0.25, -0.2) is 0 Å². The van der Waals surface area contributed by atoms with Gasteiger partial charge >= 0.3 is 0 Å². The Morgan fingerprint density at radius 1 is 1.11 bits per heavy atom. The van der Waals surface area contributed by atoms with Crippen LogP contribution in [0.15, 0.2) is 53.5 Å². The Hall–Kier alpha value is -3.12. The van der Waals surface area contributed by atoms with Gasteiger partial charge in [0.25, 0.3) is 11.5 Å². The van der Waals surface area contributed by atoms with Crippen molar-refractivity contribution in [3.63, 3.8) is 0 Å². The molecule has 3 rings (SSSR count). The molecule has 0 bridgehead atoms. The summed E-state index contributed by atoms with van der Waals surface area (Å²) in [5.74, 6) is 0.252. The van der Waals surface area contributed by atoms with Crippen LogP contribution in [-0.4, -0.2) is 30.8 Å². The zero-order chi connectivity index (χ0) is 20.1. The van der Waals surface area contributed by atoms with Crippen LogP contribution in [0.1, 0.15) is 11.1 Å². The quantitative estimate of drug-likeness (QED) is 0.683. The van der Waals surface area contributed by atoms with Crippen LogP contribution in [0.3, 0.4) is 0 Å². The number of amides is 1. The molecule has 0 atom stereocenters. The summed E-state index contributed by atoms with van der Waals surface area (Å²) in [5, 5.41) is 4.08. The van der Waals surface area contributed by atoms with Crippen molar-refractivity contribution in [2.24, 2.45) is 0 Å². The van der Waals surface area contributed by atoms with Crippen molar-refractivity contribution in [2.75, 3.05) is 25.6 Å². The van der Waals surface area contributed by atoms with Crippen LogP contribution in [0.4, 0.5) is 5.69 Å². The first kappa shape index (κ1) is 19.6. The highest BCUT2D eigenvalue weighted by atomic mass is 16.5. The summed E-state index contributed by atoms with van der Waals surface area (Å²) in [4.78, 5) is 24.9. The van der Waals surface area contributed by atoms with E-state index < -0.39 is 0 Å². The van der Waals surface area contributed by atoms with Crippen molar-refractivity contribution in [1.82, 2.24) is 4.57 Å². The van der Waals surface area contributed by atoms with Gasteiger partial charge in [0.1, 0.15) is 5.75 Å². The Morgan fingerprint density at radius 3 is 2.68 bits per heavy atom. The molecule has 6 nitrogen and oxygen atoms in total. The second-order valence-corrected chi connectivity index (χ2v) is 6.68. The summed E-state index contributed by atoms with van der Waals surface area (Å²) in [7, 11) is 1.60. The minimum Gasteiger partial charge on any atom is -0.483 e. The summed E-state index contributed by atoms with van der Waals surface area (Å²) in [6.07, 6.45) is 1.71. The van der Waals surface area contributed by atoms with Gasteiger partial charge in [0.05, 0.1) is 12.0 Å². The molecule has 1 N–H and O–H groups in total.